The number of carbonyl (C=O) groups excluding carboxylic acids is 1. The lowest BCUT2D eigenvalue weighted by atomic mass is 10.1. The minimum Gasteiger partial charge on any atom is -0.341 e. The van der Waals surface area contributed by atoms with Crippen molar-refractivity contribution < 1.29 is 4.79 Å². The maximum Gasteiger partial charge on any atom is 0.262 e. The summed E-state index contributed by atoms with van der Waals surface area (Å²) < 4.78 is 1.54. The third-order valence-corrected chi connectivity index (χ3v) is 5.43. The Balaban J connectivity index is 1.65. The van der Waals surface area contributed by atoms with Crippen molar-refractivity contribution in [2.75, 3.05) is 27.2 Å². The van der Waals surface area contributed by atoms with Gasteiger partial charge in [-0.2, -0.15) is 0 Å². The maximum atomic E-state index is 12.4. The zero-order chi connectivity index (χ0) is 16.6. The molecule has 0 saturated carbocycles. The smallest absolute Gasteiger partial charge is 0.262 e. The summed E-state index contributed by atoms with van der Waals surface area (Å²) in [6.07, 6.45) is 1.88. The van der Waals surface area contributed by atoms with Gasteiger partial charge in [0.05, 0.1) is 11.7 Å². The molecule has 2 aromatic rings. The molecule has 1 fully saturated rings. The predicted molar refractivity (Wildman–Crippen MR) is 91.7 cm³/mol. The second-order valence-corrected chi connectivity index (χ2v) is 7.33. The summed E-state index contributed by atoms with van der Waals surface area (Å²) in [6.45, 7) is 4.12. The lowest BCUT2D eigenvalue weighted by molar-refractivity contribution is -0.130. The molecule has 3 rings (SSSR count). The first-order valence-electron chi connectivity index (χ1n) is 7.84. The number of aryl methyl sites for hydroxylation is 1. The normalized spacial score (nSPS) is 21.5. The van der Waals surface area contributed by atoms with Crippen LogP contribution < -0.4 is 5.56 Å². The molecule has 2 atom stereocenters. The molecule has 0 aromatic carbocycles. The monoisotopic (exact) mass is 334 g/mol. The van der Waals surface area contributed by atoms with Crippen LogP contribution in [-0.2, 0) is 11.3 Å². The lowest BCUT2D eigenvalue weighted by Crippen LogP contribution is -2.36. The Morgan fingerprint density at radius 3 is 2.91 bits per heavy atom. The van der Waals surface area contributed by atoms with E-state index in [9.17, 15) is 9.59 Å². The van der Waals surface area contributed by atoms with Gasteiger partial charge in [-0.15, -0.1) is 11.3 Å². The van der Waals surface area contributed by atoms with Crippen LogP contribution in [0, 0.1) is 5.92 Å². The minimum absolute atomic E-state index is 0.0648. The number of carbonyl (C=O) groups is 1. The summed E-state index contributed by atoms with van der Waals surface area (Å²) in [5.41, 5.74) is -0.0648. The highest BCUT2D eigenvalue weighted by Crippen LogP contribution is 2.20. The van der Waals surface area contributed by atoms with Gasteiger partial charge in [0.2, 0.25) is 5.91 Å². The number of likely N-dealkylation sites (N-methyl/N-ethyl adjacent to an activating group) is 1. The van der Waals surface area contributed by atoms with E-state index in [1.165, 1.54) is 15.9 Å². The van der Waals surface area contributed by atoms with Gasteiger partial charge in [0.15, 0.2) is 0 Å². The second kappa shape index (κ2) is 6.41. The number of amides is 1. The molecule has 124 valence electrons. The molecule has 1 amide bonds. The van der Waals surface area contributed by atoms with E-state index >= 15 is 0 Å². The van der Waals surface area contributed by atoms with E-state index < -0.39 is 0 Å². The third kappa shape index (κ3) is 3.16. The van der Waals surface area contributed by atoms with Crippen molar-refractivity contribution in [1.29, 1.82) is 0 Å². The average molecular weight is 334 g/mol. The van der Waals surface area contributed by atoms with Gasteiger partial charge in [-0.3, -0.25) is 14.2 Å². The van der Waals surface area contributed by atoms with Crippen LogP contribution in [-0.4, -0.2) is 58.5 Å². The number of likely N-dealkylation sites (tertiary alicyclic amines) is 1. The number of rotatable bonds is 4. The number of nitrogens with zero attached hydrogens (tertiary/aromatic N) is 4. The van der Waals surface area contributed by atoms with Crippen molar-refractivity contribution in [3.8, 4) is 0 Å². The summed E-state index contributed by atoms with van der Waals surface area (Å²) in [6, 6.07) is 2.20. The van der Waals surface area contributed by atoms with Crippen LogP contribution in [0.15, 0.2) is 22.6 Å². The van der Waals surface area contributed by atoms with Crippen LogP contribution in [0.5, 0.6) is 0 Å². The Labute approximate surface area is 139 Å². The fraction of sp³-hybridized carbons (Fsp3) is 0.562. The number of hydrogen-bond acceptors (Lipinski definition) is 5. The Kier molecular flexibility index (Phi) is 4.50. The van der Waals surface area contributed by atoms with Gasteiger partial charge in [0, 0.05) is 32.1 Å². The number of aromatic nitrogens is 2. The summed E-state index contributed by atoms with van der Waals surface area (Å²) in [7, 11) is 4.10. The van der Waals surface area contributed by atoms with Crippen molar-refractivity contribution in [3.63, 3.8) is 0 Å². The van der Waals surface area contributed by atoms with Crippen molar-refractivity contribution in [2.45, 2.75) is 25.9 Å². The molecular weight excluding hydrogens is 312 g/mol. The summed E-state index contributed by atoms with van der Waals surface area (Å²) in [4.78, 5) is 33.9. The van der Waals surface area contributed by atoms with Crippen molar-refractivity contribution in [3.05, 3.63) is 28.1 Å². The van der Waals surface area contributed by atoms with Gasteiger partial charge in [0.1, 0.15) is 4.83 Å². The summed E-state index contributed by atoms with van der Waals surface area (Å²) in [5, 5.41) is 2.49. The molecule has 1 aliphatic rings. The molecule has 1 aliphatic heterocycles. The first-order chi connectivity index (χ1) is 11.0. The van der Waals surface area contributed by atoms with Gasteiger partial charge in [0.25, 0.3) is 5.56 Å². The molecule has 0 radical (unpaired) electrons. The zero-order valence-corrected chi connectivity index (χ0v) is 14.5. The van der Waals surface area contributed by atoms with Gasteiger partial charge in [-0.1, -0.05) is 6.92 Å². The van der Waals surface area contributed by atoms with Crippen LogP contribution in [0.25, 0.3) is 10.2 Å². The van der Waals surface area contributed by atoms with Crippen LogP contribution in [0.3, 0.4) is 0 Å². The molecule has 2 aromatic heterocycles. The molecule has 0 N–H and O–H groups in total. The first-order valence-corrected chi connectivity index (χ1v) is 8.72. The second-order valence-electron chi connectivity index (χ2n) is 6.44. The van der Waals surface area contributed by atoms with Crippen LogP contribution in [0.1, 0.15) is 13.3 Å². The van der Waals surface area contributed by atoms with Crippen LogP contribution in [0.4, 0.5) is 0 Å². The SMILES string of the molecule is C[C@H]1CN(C(=O)CCn2cnc3sccc3c2=O)C[C@H]1N(C)C. The van der Waals surface area contributed by atoms with Crippen LogP contribution in [0.2, 0.25) is 0 Å². The van der Waals surface area contributed by atoms with Gasteiger partial charge >= 0.3 is 0 Å². The van der Waals surface area contributed by atoms with Crippen LogP contribution >= 0.6 is 11.3 Å². The molecule has 7 heteroatoms. The van der Waals surface area contributed by atoms with Gasteiger partial charge < -0.3 is 9.80 Å². The van der Waals surface area contributed by atoms with E-state index in [4.69, 9.17) is 0 Å². The van der Waals surface area contributed by atoms with E-state index in [2.05, 4.69) is 30.9 Å². The highest BCUT2D eigenvalue weighted by Gasteiger charge is 2.33. The molecule has 1 saturated heterocycles. The van der Waals surface area contributed by atoms with Crippen molar-refractivity contribution >= 4 is 27.5 Å². The van der Waals surface area contributed by atoms with Crippen molar-refractivity contribution in [1.82, 2.24) is 19.4 Å². The zero-order valence-electron chi connectivity index (χ0n) is 13.7. The number of fused-ring (bicyclic) bond motifs is 1. The first kappa shape index (κ1) is 16.1. The number of thiophene rings is 1. The predicted octanol–water partition coefficient (Wildman–Crippen LogP) is 1.26. The molecule has 0 spiro atoms. The standard InChI is InChI=1S/C16H22N4O2S/c1-11-8-20(9-13(11)18(2)3)14(21)4-6-19-10-17-15-12(16(19)22)5-7-23-15/h5,7,10-11,13H,4,6,8-9H2,1-3H3/t11-,13+/m0/s1. The minimum atomic E-state index is -0.0648. The molecule has 0 bridgehead atoms. The number of hydrogen-bond donors (Lipinski definition) is 0. The van der Waals surface area contributed by atoms with E-state index in [-0.39, 0.29) is 11.5 Å². The molecule has 0 aliphatic carbocycles. The molecule has 23 heavy (non-hydrogen) atoms. The fourth-order valence-electron chi connectivity index (χ4n) is 3.25. The van der Waals surface area contributed by atoms with E-state index in [0.29, 0.717) is 30.3 Å². The Morgan fingerprint density at radius 1 is 1.43 bits per heavy atom. The quantitative estimate of drug-likeness (QED) is 0.844. The highest BCUT2D eigenvalue weighted by molar-refractivity contribution is 7.16. The van der Waals surface area contributed by atoms with Gasteiger partial charge in [-0.05, 0) is 31.5 Å². The lowest BCUT2D eigenvalue weighted by Gasteiger charge is -2.22. The van der Waals surface area contributed by atoms with Crippen molar-refractivity contribution in [2.24, 2.45) is 5.92 Å². The topological polar surface area (TPSA) is 58.4 Å². The molecule has 6 nitrogen and oxygen atoms in total. The van der Waals surface area contributed by atoms with E-state index in [0.717, 1.165) is 17.9 Å². The summed E-state index contributed by atoms with van der Waals surface area (Å²) >= 11 is 1.45. The Bertz CT molecular complexity index is 767. The Hall–Kier alpha value is -1.73. The molecule has 3 heterocycles. The third-order valence-electron chi connectivity index (χ3n) is 4.61. The van der Waals surface area contributed by atoms with E-state index in [1.54, 1.807) is 12.4 Å². The maximum absolute atomic E-state index is 12.4. The largest absolute Gasteiger partial charge is 0.341 e. The highest BCUT2D eigenvalue weighted by atomic mass is 32.1. The average Bonchev–Trinajstić information content (AvgIpc) is 3.13. The fourth-order valence-corrected chi connectivity index (χ4v) is 3.98. The summed E-state index contributed by atoms with van der Waals surface area (Å²) in [5.74, 6) is 0.582. The molecule has 0 unspecified atom stereocenters. The van der Waals surface area contributed by atoms with E-state index in [1.807, 2.05) is 10.3 Å². The van der Waals surface area contributed by atoms with Gasteiger partial charge in [-0.25, -0.2) is 4.98 Å². The molecular formula is C16H22N4O2S. The Morgan fingerprint density at radius 2 is 2.22 bits per heavy atom.